The molecular weight excluding hydrogens is 402 g/mol. The van der Waals surface area contributed by atoms with Gasteiger partial charge in [-0.15, -0.1) is 6.58 Å². The lowest BCUT2D eigenvalue weighted by atomic mass is 10.1. The minimum atomic E-state index is -1.01. The van der Waals surface area contributed by atoms with Crippen molar-refractivity contribution < 1.29 is 19.4 Å². The summed E-state index contributed by atoms with van der Waals surface area (Å²) in [7, 11) is 0. The molecule has 5 nitrogen and oxygen atoms in total. The molecule has 3 unspecified atom stereocenters. The van der Waals surface area contributed by atoms with Crippen LogP contribution in [0.2, 0.25) is 0 Å². The Bertz CT molecular complexity index is 1040. The predicted octanol–water partition coefficient (Wildman–Crippen LogP) is 4.49. The number of carbonyl (C=O) groups is 1. The molecule has 5 heteroatoms. The zero-order chi connectivity index (χ0) is 22.3. The van der Waals surface area contributed by atoms with Crippen LogP contribution in [0.5, 0.6) is 0 Å². The number of amides is 1. The second-order valence-corrected chi connectivity index (χ2v) is 7.75. The summed E-state index contributed by atoms with van der Waals surface area (Å²) in [5.74, 6) is -0.215. The van der Waals surface area contributed by atoms with Crippen LogP contribution in [0.3, 0.4) is 0 Å². The van der Waals surface area contributed by atoms with Crippen LogP contribution < -0.4 is 0 Å². The highest BCUT2D eigenvalue weighted by Gasteiger charge is 2.38. The van der Waals surface area contributed by atoms with E-state index in [4.69, 9.17) is 9.47 Å². The molecule has 32 heavy (non-hydrogen) atoms. The zero-order valence-electron chi connectivity index (χ0n) is 17.8. The van der Waals surface area contributed by atoms with E-state index in [0.29, 0.717) is 24.3 Å². The van der Waals surface area contributed by atoms with E-state index in [2.05, 4.69) is 6.58 Å². The molecule has 0 spiro atoms. The van der Waals surface area contributed by atoms with Crippen LogP contribution in [0.15, 0.2) is 97.6 Å². The van der Waals surface area contributed by atoms with Crippen molar-refractivity contribution in [3.8, 4) is 0 Å². The van der Waals surface area contributed by atoms with Gasteiger partial charge in [-0.25, -0.2) is 0 Å². The average Bonchev–Trinajstić information content (AvgIpc) is 3.09. The Hall–Kier alpha value is -3.25. The number of hydrogen-bond donors (Lipinski definition) is 1. The van der Waals surface area contributed by atoms with Gasteiger partial charge in [0, 0.05) is 11.1 Å². The van der Waals surface area contributed by atoms with E-state index in [1.807, 2.05) is 66.7 Å². The summed E-state index contributed by atoms with van der Waals surface area (Å²) in [6.07, 6.45) is -0.299. The number of carbonyl (C=O) groups excluding carboxylic acids is 1. The van der Waals surface area contributed by atoms with Gasteiger partial charge in [0.15, 0.2) is 6.23 Å². The molecule has 3 atom stereocenters. The molecule has 0 saturated heterocycles. The standard InChI is InChI=1S/C27H27NO4/c1-2-24(31-18-20-11-5-3-6-12-20)25(32-19-21-13-7-4-8-14-21)17-28-26(29)22-15-9-10-16-23(22)27(28)30/h2-16,24-26,29H,1,17-19H2. The van der Waals surface area contributed by atoms with Gasteiger partial charge in [0.1, 0.15) is 12.2 Å². The van der Waals surface area contributed by atoms with E-state index in [9.17, 15) is 9.90 Å². The minimum absolute atomic E-state index is 0.174. The third-order valence-corrected chi connectivity index (χ3v) is 5.59. The fourth-order valence-electron chi connectivity index (χ4n) is 3.85. The number of aliphatic hydroxyl groups is 1. The first-order chi connectivity index (χ1) is 15.7. The summed E-state index contributed by atoms with van der Waals surface area (Å²) in [4.78, 5) is 14.4. The van der Waals surface area contributed by atoms with E-state index < -0.39 is 18.4 Å². The minimum Gasteiger partial charge on any atom is -0.369 e. The molecule has 3 aromatic rings. The molecular formula is C27H27NO4. The van der Waals surface area contributed by atoms with Crippen molar-refractivity contribution in [2.45, 2.75) is 31.6 Å². The lowest BCUT2D eigenvalue weighted by molar-refractivity contribution is -0.0882. The lowest BCUT2D eigenvalue weighted by Gasteiger charge is -2.31. The molecule has 0 fully saturated rings. The van der Waals surface area contributed by atoms with E-state index >= 15 is 0 Å². The molecule has 0 aromatic heterocycles. The number of benzene rings is 3. The highest BCUT2D eigenvalue weighted by Crippen LogP contribution is 2.32. The van der Waals surface area contributed by atoms with Crippen molar-refractivity contribution in [2.75, 3.05) is 6.54 Å². The van der Waals surface area contributed by atoms with E-state index in [0.717, 1.165) is 11.1 Å². The van der Waals surface area contributed by atoms with Crippen molar-refractivity contribution in [1.82, 2.24) is 4.90 Å². The molecule has 4 rings (SSSR count). The third-order valence-electron chi connectivity index (χ3n) is 5.59. The molecule has 1 amide bonds. The maximum Gasteiger partial charge on any atom is 0.256 e. The Morgan fingerprint density at radius 1 is 0.875 bits per heavy atom. The van der Waals surface area contributed by atoms with Crippen molar-refractivity contribution in [2.24, 2.45) is 0 Å². The summed E-state index contributed by atoms with van der Waals surface area (Å²) in [5.41, 5.74) is 3.17. The number of nitrogens with zero attached hydrogens (tertiary/aromatic N) is 1. The highest BCUT2D eigenvalue weighted by atomic mass is 16.5. The van der Waals surface area contributed by atoms with Gasteiger partial charge in [0.2, 0.25) is 0 Å². The smallest absolute Gasteiger partial charge is 0.256 e. The third kappa shape index (κ3) is 4.97. The van der Waals surface area contributed by atoms with Gasteiger partial charge in [0.25, 0.3) is 5.91 Å². The summed E-state index contributed by atoms with van der Waals surface area (Å²) in [5, 5.41) is 10.8. The van der Waals surface area contributed by atoms with Crippen molar-refractivity contribution in [3.63, 3.8) is 0 Å². The quantitative estimate of drug-likeness (QED) is 0.483. The number of ether oxygens (including phenoxy) is 2. The van der Waals surface area contributed by atoms with E-state index in [1.165, 1.54) is 4.90 Å². The number of hydrogen-bond acceptors (Lipinski definition) is 4. The first kappa shape index (κ1) is 22.0. The Morgan fingerprint density at radius 3 is 2.03 bits per heavy atom. The topological polar surface area (TPSA) is 59.0 Å². The molecule has 0 bridgehead atoms. The van der Waals surface area contributed by atoms with Crippen LogP contribution in [-0.4, -0.2) is 34.7 Å². The molecule has 0 aliphatic carbocycles. The summed E-state index contributed by atoms with van der Waals surface area (Å²) >= 11 is 0. The van der Waals surface area contributed by atoms with Crippen LogP contribution in [0.25, 0.3) is 0 Å². The number of rotatable bonds is 10. The first-order valence-corrected chi connectivity index (χ1v) is 10.7. The average molecular weight is 430 g/mol. The Labute approximate surface area is 188 Å². The highest BCUT2D eigenvalue weighted by molar-refractivity contribution is 5.98. The van der Waals surface area contributed by atoms with Crippen molar-refractivity contribution >= 4 is 5.91 Å². The number of fused-ring (bicyclic) bond motifs is 1. The van der Waals surface area contributed by atoms with Gasteiger partial charge >= 0.3 is 0 Å². The van der Waals surface area contributed by atoms with Crippen LogP contribution in [-0.2, 0) is 22.7 Å². The van der Waals surface area contributed by atoms with E-state index in [-0.39, 0.29) is 12.5 Å². The zero-order valence-corrected chi connectivity index (χ0v) is 17.8. The molecule has 3 aromatic carbocycles. The van der Waals surface area contributed by atoms with Gasteiger partial charge in [-0.05, 0) is 17.2 Å². The normalized spacial score (nSPS) is 17.1. The fraction of sp³-hybridized carbons (Fsp3) is 0.222. The van der Waals surface area contributed by atoms with Crippen LogP contribution >= 0.6 is 0 Å². The summed E-state index contributed by atoms with van der Waals surface area (Å²) in [6, 6.07) is 26.8. The molecule has 1 aliphatic heterocycles. The Balaban J connectivity index is 1.51. The maximum absolute atomic E-state index is 13.0. The second kappa shape index (κ2) is 10.4. The molecule has 1 aliphatic rings. The Kier molecular flexibility index (Phi) is 7.12. The Morgan fingerprint density at radius 2 is 1.44 bits per heavy atom. The van der Waals surface area contributed by atoms with Gasteiger partial charge < -0.3 is 19.5 Å². The molecule has 1 heterocycles. The van der Waals surface area contributed by atoms with Crippen LogP contribution in [0.4, 0.5) is 0 Å². The summed E-state index contributed by atoms with van der Waals surface area (Å²) < 4.78 is 12.3. The first-order valence-electron chi connectivity index (χ1n) is 10.7. The predicted molar refractivity (Wildman–Crippen MR) is 123 cm³/mol. The van der Waals surface area contributed by atoms with Crippen LogP contribution in [0, 0.1) is 0 Å². The van der Waals surface area contributed by atoms with Gasteiger partial charge in [-0.3, -0.25) is 4.79 Å². The fourth-order valence-corrected chi connectivity index (χ4v) is 3.85. The van der Waals surface area contributed by atoms with Crippen molar-refractivity contribution in [3.05, 3.63) is 120 Å². The maximum atomic E-state index is 13.0. The SMILES string of the molecule is C=CC(OCc1ccccc1)C(CN1C(=O)c2ccccc2C1O)OCc1ccccc1. The van der Waals surface area contributed by atoms with E-state index in [1.54, 1.807) is 24.3 Å². The molecule has 0 radical (unpaired) electrons. The molecule has 1 N–H and O–H groups in total. The van der Waals surface area contributed by atoms with Crippen molar-refractivity contribution in [1.29, 1.82) is 0 Å². The molecule has 0 saturated carbocycles. The van der Waals surface area contributed by atoms with Gasteiger partial charge in [0.05, 0.1) is 19.8 Å². The molecule has 164 valence electrons. The number of aliphatic hydroxyl groups excluding tert-OH is 1. The summed E-state index contributed by atoms with van der Waals surface area (Å²) in [6.45, 7) is 4.85. The van der Waals surface area contributed by atoms with Crippen LogP contribution in [0.1, 0.15) is 33.3 Å². The van der Waals surface area contributed by atoms with Gasteiger partial charge in [-0.2, -0.15) is 0 Å². The van der Waals surface area contributed by atoms with Gasteiger partial charge in [-0.1, -0.05) is 84.9 Å². The lowest BCUT2D eigenvalue weighted by Crippen LogP contribution is -2.43. The second-order valence-electron chi connectivity index (χ2n) is 7.75. The largest absolute Gasteiger partial charge is 0.369 e. The monoisotopic (exact) mass is 429 g/mol.